The molecule has 2 rings (SSSR count). The zero-order chi connectivity index (χ0) is 18.6. The third-order valence-corrected chi connectivity index (χ3v) is 3.86. The van der Waals surface area contributed by atoms with Gasteiger partial charge in [0.15, 0.2) is 12.1 Å². The highest BCUT2D eigenvalue weighted by Gasteiger charge is 2.30. The first kappa shape index (κ1) is 18.5. The van der Waals surface area contributed by atoms with E-state index in [1.165, 1.54) is 30.9 Å². The van der Waals surface area contributed by atoms with Gasteiger partial charge in [-0.15, -0.1) is 0 Å². The van der Waals surface area contributed by atoms with Crippen LogP contribution >= 0.6 is 0 Å². The first-order chi connectivity index (χ1) is 11.7. The number of benzene rings is 1. The molecule has 0 aliphatic rings. The summed E-state index contributed by atoms with van der Waals surface area (Å²) in [5.74, 6) is -0.352. The van der Waals surface area contributed by atoms with Gasteiger partial charge in [0.05, 0.1) is 11.9 Å². The van der Waals surface area contributed by atoms with Crippen LogP contribution in [0.5, 0.6) is 5.75 Å². The molecule has 1 aromatic carbocycles. The number of carbonyl (C=O) groups excluding carboxylic acids is 1. The van der Waals surface area contributed by atoms with E-state index < -0.39 is 11.5 Å². The highest BCUT2D eigenvalue weighted by atomic mass is 16.5. The number of carboxylic acid groups (broad SMARTS) is 1. The van der Waals surface area contributed by atoms with Gasteiger partial charge in [0.1, 0.15) is 5.75 Å². The number of aliphatic carboxylic acids is 1. The van der Waals surface area contributed by atoms with E-state index in [9.17, 15) is 14.7 Å². The Hall–Kier alpha value is -2.83. The Labute approximate surface area is 146 Å². The van der Waals surface area contributed by atoms with Crippen LogP contribution in [-0.2, 0) is 15.1 Å². The van der Waals surface area contributed by atoms with Crippen molar-refractivity contribution in [2.75, 3.05) is 11.9 Å². The van der Waals surface area contributed by atoms with Crippen LogP contribution in [0.2, 0.25) is 0 Å². The van der Waals surface area contributed by atoms with Crippen LogP contribution in [-0.4, -0.2) is 33.4 Å². The molecule has 0 spiro atoms. The molecule has 0 atom stereocenters. The predicted octanol–water partition coefficient (Wildman–Crippen LogP) is 2.84. The predicted molar refractivity (Wildman–Crippen MR) is 93.8 cm³/mol. The van der Waals surface area contributed by atoms with Crippen LogP contribution < -0.4 is 10.1 Å². The third kappa shape index (κ3) is 4.59. The molecule has 0 aliphatic carbocycles. The number of nitrogens with one attached hydrogen (secondary N) is 1. The van der Waals surface area contributed by atoms with Crippen LogP contribution in [0.25, 0.3) is 0 Å². The summed E-state index contributed by atoms with van der Waals surface area (Å²) in [7, 11) is 0. The van der Waals surface area contributed by atoms with Gasteiger partial charge in [-0.2, -0.15) is 5.10 Å². The number of amides is 1. The SMILES string of the molecule is CC(C)c1cccc(OCC(=O)Nc2cnn(C(C)(C)C(=O)O)c2)c1. The number of hydrogen-bond donors (Lipinski definition) is 2. The number of hydrogen-bond acceptors (Lipinski definition) is 4. The number of rotatable bonds is 7. The van der Waals surface area contributed by atoms with Gasteiger partial charge >= 0.3 is 5.97 Å². The third-order valence-electron chi connectivity index (χ3n) is 3.86. The van der Waals surface area contributed by atoms with E-state index in [-0.39, 0.29) is 12.5 Å². The van der Waals surface area contributed by atoms with E-state index in [0.29, 0.717) is 17.4 Å². The number of carboxylic acids is 1. The molecule has 0 aliphatic heterocycles. The van der Waals surface area contributed by atoms with Crippen molar-refractivity contribution >= 4 is 17.6 Å². The summed E-state index contributed by atoms with van der Waals surface area (Å²) in [5.41, 5.74) is 0.352. The maximum absolute atomic E-state index is 12.0. The number of aromatic nitrogens is 2. The number of anilines is 1. The Kier molecular flexibility index (Phi) is 5.46. The van der Waals surface area contributed by atoms with Crippen LogP contribution in [0, 0.1) is 0 Å². The van der Waals surface area contributed by atoms with Gasteiger partial charge in [-0.3, -0.25) is 9.48 Å². The summed E-state index contributed by atoms with van der Waals surface area (Å²) in [6.07, 6.45) is 2.88. The molecule has 0 bridgehead atoms. The summed E-state index contributed by atoms with van der Waals surface area (Å²) in [4.78, 5) is 23.2. The molecule has 0 radical (unpaired) electrons. The van der Waals surface area contributed by atoms with E-state index in [2.05, 4.69) is 24.3 Å². The molecular weight excluding hydrogens is 322 g/mol. The minimum absolute atomic E-state index is 0.144. The van der Waals surface area contributed by atoms with Crippen molar-refractivity contribution < 1.29 is 19.4 Å². The Balaban J connectivity index is 1.94. The average molecular weight is 345 g/mol. The van der Waals surface area contributed by atoms with Crippen LogP contribution in [0.15, 0.2) is 36.7 Å². The molecule has 134 valence electrons. The average Bonchev–Trinajstić information content (AvgIpc) is 3.02. The lowest BCUT2D eigenvalue weighted by molar-refractivity contribution is -0.146. The van der Waals surface area contributed by atoms with Crippen LogP contribution in [0.1, 0.15) is 39.2 Å². The van der Waals surface area contributed by atoms with Crippen molar-refractivity contribution in [1.82, 2.24) is 9.78 Å². The molecule has 0 unspecified atom stereocenters. The minimum Gasteiger partial charge on any atom is -0.484 e. The fourth-order valence-electron chi connectivity index (χ4n) is 2.10. The van der Waals surface area contributed by atoms with Crippen molar-refractivity contribution in [1.29, 1.82) is 0 Å². The van der Waals surface area contributed by atoms with Crippen molar-refractivity contribution in [2.45, 2.75) is 39.2 Å². The summed E-state index contributed by atoms with van der Waals surface area (Å²) in [6, 6.07) is 7.61. The lowest BCUT2D eigenvalue weighted by Gasteiger charge is -2.19. The van der Waals surface area contributed by atoms with Gasteiger partial charge in [0, 0.05) is 6.20 Å². The first-order valence-electron chi connectivity index (χ1n) is 8.01. The molecule has 0 saturated heterocycles. The fourth-order valence-corrected chi connectivity index (χ4v) is 2.10. The van der Waals surface area contributed by atoms with Crippen molar-refractivity contribution in [3.05, 3.63) is 42.2 Å². The van der Waals surface area contributed by atoms with Crippen molar-refractivity contribution in [2.24, 2.45) is 0 Å². The fraction of sp³-hybridized carbons (Fsp3) is 0.389. The van der Waals surface area contributed by atoms with Crippen LogP contribution in [0.3, 0.4) is 0 Å². The van der Waals surface area contributed by atoms with E-state index in [0.717, 1.165) is 5.56 Å². The van der Waals surface area contributed by atoms with Gasteiger partial charge in [-0.1, -0.05) is 26.0 Å². The minimum atomic E-state index is -1.20. The van der Waals surface area contributed by atoms with Gasteiger partial charge in [-0.25, -0.2) is 4.79 Å². The normalized spacial score (nSPS) is 11.4. The first-order valence-corrected chi connectivity index (χ1v) is 8.01. The molecule has 25 heavy (non-hydrogen) atoms. The molecule has 1 aromatic heterocycles. The van der Waals surface area contributed by atoms with Gasteiger partial charge in [0.25, 0.3) is 5.91 Å². The maximum Gasteiger partial charge on any atom is 0.331 e. The monoisotopic (exact) mass is 345 g/mol. The standard InChI is InChI=1S/C18H23N3O4/c1-12(2)13-6-5-7-15(8-13)25-11-16(22)20-14-9-19-21(10-14)18(3,4)17(23)24/h5-10,12H,11H2,1-4H3,(H,20,22)(H,23,24). The largest absolute Gasteiger partial charge is 0.484 e. The van der Waals surface area contributed by atoms with E-state index in [4.69, 9.17) is 4.74 Å². The van der Waals surface area contributed by atoms with Crippen LogP contribution in [0.4, 0.5) is 5.69 Å². The topological polar surface area (TPSA) is 93.5 Å². The molecule has 7 heteroatoms. The molecule has 1 amide bonds. The number of nitrogens with zero attached hydrogens (tertiary/aromatic N) is 2. The molecule has 0 fully saturated rings. The highest BCUT2D eigenvalue weighted by Crippen LogP contribution is 2.20. The Morgan fingerprint density at radius 2 is 2.08 bits per heavy atom. The van der Waals surface area contributed by atoms with E-state index in [1.54, 1.807) is 6.07 Å². The summed E-state index contributed by atoms with van der Waals surface area (Å²) < 4.78 is 6.80. The Bertz CT molecular complexity index is 765. The molecule has 7 nitrogen and oxygen atoms in total. The second-order valence-corrected chi connectivity index (χ2v) is 6.60. The molecule has 0 saturated carbocycles. The van der Waals surface area contributed by atoms with Crippen molar-refractivity contribution in [3.63, 3.8) is 0 Å². The summed E-state index contributed by atoms with van der Waals surface area (Å²) >= 11 is 0. The molecule has 2 N–H and O–H groups in total. The maximum atomic E-state index is 12.0. The van der Waals surface area contributed by atoms with Gasteiger partial charge in [-0.05, 0) is 37.5 Å². The smallest absolute Gasteiger partial charge is 0.331 e. The quantitative estimate of drug-likeness (QED) is 0.805. The number of carbonyl (C=O) groups is 2. The van der Waals surface area contributed by atoms with E-state index >= 15 is 0 Å². The number of ether oxygens (including phenoxy) is 1. The second-order valence-electron chi connectivity index (χ2n) is 6.60. The lowest BCUT2D eigenvalue weighted by atomic mass is 10.0. The zero-order valence-corrected chi connectivity index (χ0v) is 14.8. The summed E-state index contributed by atoms with van der Waals surface area (Å²) in [6.45, 7) is 7.08. The second kappa shape index (κ2) is 7.38. The van der Waals surface area contributed by atoms with Gasteiger partial charge in [0.2, 0.25) is 0 Å². The molecular formula is C18H23N3O4. The van der Waals surface area contributed by atoms with Crippen molar-refractivity contribution in [3.8, 4) is 5.75 Å². The van der Waals surface area contributed by atoms with E-state index in [1.807, 2.05) is 18.2 Å². The van der Waals surface area contributed by atoms with Gasteiger partial charge < -0.3 is 15.2 Å². The lowest BCUT2D eigenvalue weighted by Crippen LogP contribution is -2.35. The molecule has 1 heterocycles. The Morgan fingerprint density at radius 1 is 1.36 bits per heavy atom. The Morgan fingerprint density at radius 3 is 2.72 bits per heavy atom. The zero-order valence-electron chi connectivity index (χ0n) is 14.8. The highest BCUT2D eigenvalue weighted by molar-refractivity contribution is 5.91. The summed E-state index contributed by atoms with van der Waals surface area (Å²) in [5, 5.41) is 15.8. The molecule has 2 aromatic rings.